The number of benzene rings is 10. The van der Waals surface area contributed by atoms with E-state index in [1.807, 2.05) is 11.3 Å². The smallest absolute Gasteiger partial charge is 0.0541 e. The Balaban J connectivity index is 0.961. The largest absolute Gasteiger partial charge is 0.310 e. The van der Waals surface area contributed by atoms with Crippen molar-refractivity contribution in [3.05, 3.63) is 231 Å². The van der Waals surface area contributed by atoms with E-state index in [9.17, 15) is 0 Å². The molecule has 2 heterocycles. The van der Waals surface area contributed by atoms with Gasteiger partial charge in [0.2, 0.25) is 0 Å². The van der Waals surface area contributed by atoms with E-state index in [-0.39, 0.29) is 0 Å². The molecule has 0 saturated carbocycles. The van der Waals surface area contributed by atoms with Gasteiger partial charge >= 0.3 is 0 Å². The van der Waals surface area contributed by atoms with E-state index < -0.39 is 0 Å². The lowest BCUT2D eigenvalue weighted by atomic mass is 9.97. The first-order valence-corrected chi connectivity index (χ1v) is 21.6. The van der Waals surface area contributed by atoms with Crippen molar-refractivity contribution >= 4 is 81.1 Å². The Morgan fingerprint density at radius 1 is 0.311 bits per heavy atom. The van der Waals surface area contributed by atoms with Crippen molar-refractivity contribution in [2.45, 2.75) is 0 Å². The highest BCUT2D eigenvalue weighted by molar-refractivity contribution is 7.25. The molecule has 10 aromatic carbocycles. The Bertz CT molecular complexity index is 3550. The number of anilines is 3. The fourth-order valence-electron chi connectivity index (χ4n) is 9.35. The van der Waals surface area contributed by atoms with Gasteiger partial charge in [0.05, 0.1) is 16.7 Å². The maximum atomic E-state index is 2.42. The van der Waals surface area contributed by atoms with Gasteiger partial charge in [-0.3, -0.25) is 0 Å². The molecule has 0 aliphatic rings. The summed E-state index contributed by atoms with van der Waals surface area (Å²) in [6.07, 6.45) is 0. The zero-order valence-corrected chi connectivity index (χ0v) is 34.1. The Kier molecular flexibility index (Phi) is 8.39. The minimum atomic E-state index is 1.10. The number of para-hydroxylation sites is 3. The van der Waals surface area contributed by atoms with E-state index in [1.54, 1.807) is 0 Å². The lowest BCUT2D eigenvalue weighted by Gasteiger charge is -2.26. The van der Waals surface area contributed by atoms with Crippen LogP contribution in [0, 0.1) is 0 Å². The van der Waals surface area contributed by atoms with Gasteiger partial charge in [-0.1, -0.05) is 158 Å². The highest BCUT2D eigenvalue weighted by Crippen LogP contribution is 2.43. The van der Waals surface area contributed by atoms with Gasteiger partial charge in [0.1, 0.15) is 0 Å². The summed E-state index contributed by atoms with van der Waals surface area (Å²) in [7, 11) is 0. The second-order valence-electron chi connectivity index (χ2n) is 15.7. The van der Waals surface area contributed by atoms with Crippen LogP contribution < -0.4 is 4.90 Å². The summed E-state index contributed by atoms with van der Waals surface area (Å²) < 4.78 is 5.02. The molecular weight excluding hydrogens is 757 g/mol. The van der Waals surface area contributed by atoms with E-state index in [0.717, 1.165) is 17.1 Å². The Hall–Kier alpha value is -7.72. The van der Waals surface area contributed by atoms with Crippen LogP contribution in [0.2, 0.25) is 0 Å². The third kappa shape index (κ3) is 6.01. The molecule has 0 bridgehead atoms. The van der Waals surface area contributed by atoms with Crippen LogP contribution in [0.1, 0.15) is 0 Å². The summed E-state index contributed by atoms with van der Waals surface area (Å²) >= 11 is 1.85. The highest BCUT2D eigenvalue weighted by atomic mass is 32.1. The quantitative estimate of drug-likeness (QED) is 0.156. The molecule has 12 rings (SSSR count). The molecule has 0 amide bonds. The van der Waals surface area contributed by atoms with Crippen molar-refractivity contribution in [1.82, 2.24) is 4.57 Å². The standard InChI is InChI=1S/C58H38N2S/c1-2-20-47-40(14-1)15-13-25-48(47)43-18-12-19-45(37-43)59(46-34-35-58-53(38-46)52-24-6-10-29-57(52)61-58)44-32-30-39(31-33-44)41-16-11-17-42(36-41)49-21-3-7-26-54(49)60-55-27-8-4-22-50(55)51-23-5-9-28-56(51)60/h1-38H. The van der Waals surface area contributed by atoms with Crippen LogP contribution >= 0.6 is 11.3 Å². The molecular formula is C58H38N2S. The fraction of sp³-hybridized carbons (Fsp3) is 0. The maximum Gasteiger partial charge on any atom is 0.0541 e. The third-order valence-electron chi connectivity index (χ3n) is 12.2. The number of aromatic nitrogens is 1. The number of hydrogen-bond donors (Lipinski definition) is 0. The molecule has 0 aliphatic heterocycles. The van der Waals surface area contributed by atoms with Gasteiger partial charge in [-0.25, -0.2) is 0 Å². The molecule has 0 radical (unpaired) electrons. The minimum Gasteiger partial charge on any atom is -0.310 e. The van der Waals surface area contributed by atoms with Gasteiger partial charge in [-0.15, -0.1) is 11.3 Å². The molecule has 0 aliphatic carbocycles. The average molecular weight is 795 g/mol. The minimum absolute atomic E-state index is 1.10. The second kappa shape index (κ2) is 14.5. The Morgan fingerprint density at radius 2 is 0.869 bits per heavy atom. The number of fused-ring (bicyclic) bond motifs is 7. The molecule has 2 nitrogen and oxygen atoms in total. The van der Waals surface area contributed by atoms with Gasteiger partial charge in [-0.2, -0.15) is 0 Å². The predicted octanol–water partition coefficient (Wildman–Crippen LogP) is 16.8. The van der Waals surface area contributed by atoms with Crippen LogP contribution in [0.3, 0.4) is 0 Å². The average Bonchev–Trinajstić information content (AvgIpc) is 3.87. The molecule has 0 spiro atoms. The number of thiophene rings is 1. The summed E-state index contributed by atoms with van der Waals surface area (Å²) in [6, 6.07) is 84.2. The molecule has 286 valence electrons. The monoisotopic (exact) mass is 794 g/mol. The molecule has 61 heavy (non-hydrogen) atoms. The van der Waals surface area contributed by atoms with Crippen LogP contribution in [0.15, 0.2) is 231 Å². The topological polar surface area (TPSA) is 8.17 Å². The van der Waals surface area contributed by atoms with Crippen molar-refractivity contribution in [2.75, 3.05) is 4.90 Å². The van der Waals surface area contributed by atoms with Crippen molar-refractivity contribution in [3.8, 4) is 39.1 Å². The molecule has 0 fully saturated rings. The van der Waals surface area contributed by atoms with Crippen LogP contribution in [-0.2, 0) is 0 Å². The van der Waals surface area contributed by atoms with Crippen LogP contribution in [0.4, 0.5) is 17.1 Å². The SMILES string of the molecule is c1cc(-c2ccc(N(c3cccc(-c4cccc5ccccc45)c3)c3ccc4sc5ccccc5c4c3)cc2)cc(-c2ccccc2-n2c3ccccc3c3ccccc32)c1. The summed E-state index contributed by atoms with van der Waals surface area (Å²) in [5, 5.41) is 7.60. The Morgan fingerprint density at radius 3 is 1.69 bits per heavy atom. The molecule has 0 saturated heterocycles. The third-order valence-corrected chi connectivity index (χ3v) is 13.3. The lowest BCUT2D eigenvalue weighted by molar-refractivity contribution is 1.18. The van der Waals surface area contributed by atoms with Crippen molar-refractivity contribution in [1.29, 1.82) is 0 Å². The van der Waals surface area contributed by atoms with Crippen molar-refractivity contribution in [2.24, 2.45) is 0 Å². The second-order valence-corrected chi connectivity index (χ2v) is 16.8. The van der Waals surface area contributed by atoms with Crippen LogP contribution in [0.5, 0.6) is 0 Å². The van der Waals surface area contributed by atoms with Crippen LogP contribution in [0.25, 0.3) is 91.8 Å². The molecule has 2 aromatic heterocycles. The van der Waals surface area contributed by atoms with Gasteiger partial charge in [0, 0.05) is 53.6 Å². The van der Waals surface area contributed by atoms with E-state index >= 15 is 0 Å². The fourth-order valence-corrected chi connectivity index (χ4v) is 10.4. The molecule has 0 unspecified atom stereocenters. The van der Waals surface area contributed by atoms with Gasteiger partial charge in [-0.05, 0) is 111 Å². The first kappa shape index (κ1) is 35.2. The lowest BCUT2D eigenvalue weighted by Crippen LogP contribution is -2.10. The van der Waals surface area contributed by atoms with E-state index in [2.05, 4.69) is 240 Å². The first-order chi connectivity index (χ1) is 30.2. The number of hydrogen-bond acceptors (Lipinski definition) is 2. The molecule has 0 N–H and O–H groups in total. The van der Waals surface area contributed by atoms with Gasteiger partial charge < -0.3 is 9.47 Å². The number of rotatable bonds is 7. The predicted molar refractivity (Wildman–Crippen MR) is 262 cm³/mol. The van der Waals surface area contributed by atoms with Crippen LogP contribution in [-0.4, -0.2) is 4.57 Å². The van der Waals surface area contributed by atoms with Gasteiger partial charge in [0.15, 0.2) is 0 Å². The maximum absolute atomic E-state index is 2.42. The summed E-state index contributed by atoms with van der Waals surface area (Å²) in [5.74, 6) is 0. The molecule has 12 aromatic rings. The Labute approximate surface area is 358 Å². The zero-order chi connectivity index (χ0) is 40.3. The first-order valence-electron chi connectivity index (χ1n) is 20.8. The normalized spacial score (nSPS) is 11.6. The van der Waals surface area contributed by atoms with Crippen molar-refractivity contribution < 1.29 is 0 Å². The van der Waals surface area contributed by atoms with E-state index in [0.29, 0.717) is 0 Å². The highest BCUT2D eigenvalue weighted by Gasteiger charge is 2.18. The summed E-state index contributed by atoms with van der Waals surface area (Å²) in [5.41, 5.74) is 14.1. The summed E-state index contributed by atoms with van der Waals surface area (Å²) in [4.78, 5) is 2.41. The van der Waals surface area contributed by atoms with Gasteiger partial charge in [0.25, 0.3) is 0 Å². The molecule has 3 heteroatoms. The van der Waals surface area contributed by atoms with E-state index in [1.165, 1.54) is 91.8 Å². The number of nitrogens with zero attached hydrogens (tertiary/aromatic N) is 2. The summed E-state index contributed by atoms with van der Waals surface area (Å²) in [6.45, 7) is 0. The molecule has 0 atom stereocenters. The zero-order valence-electron chi connectivity index (χ0n) is 33.2. The van der Waals surface area contributed by atoms with Crippen molar-refractivity contribution in [3.63, 3.8) is 0 Å². The van der Waals surface area contributed by atoms with E-state index in [4.69, 9.17) is 0 Å².